The summed E-state index contributed by atoms with van der Waals surface area (Å²) in [4.78, 5) is 24.4. The van der Waals surface area contributed by atoms with Gasteiger partial charge >= 0.3 is 5.97 Å². The molecular formula is C47H93NO5. The molecule has 0 aliphatic rings. The molecule has 0 aromatic heterocycles. The quantitative estimate of drug-likeness (QED) is 0.0425. The first-order chi connectivity index (χ1) is 26.0. The number of aliphatic hydroxyl groups excluding tert-OH is 2. The zero-order valence-electron chi connectivity index (χ0n) is 35.8. The number of carbonyl (C=O) groups excluding carboxylic acids is 2. The van der Waals surface area contributed by atoms with Crippen molar-refractivity contribution in [2.24, 2.45) is 0 Å². The number of esters is 1. The van der Waals surface area contributed by atoms with Crippen LogP contribution in [0.25, 0.3) is 0 Å². The maximum absolute atomic E-state index is 12.4. The number of hydrogen-bond donors (Lipinski definition) is 3. The Balaban J connectivity index is 3.44. The number of amides is 1. The molecule has 6 heteroatoms. The number of ether oxygens (including phenoxy) is 1. The van der Waals surface area contributed by atoms with E-state index in [1.807, 2.05) is 0 Å². The maximum Gasteiger partial charge on any atom is 0.305 e. The third kappa shape index (κ3) is 40.3. The minimum absolute atomic E-state index is 0.0114. The number of rotatable bonds is 44. The molecule has 0 aromatic carbocycles. The second kappa shape index (κ2) is 43.6. The zero-order valence-corrected chi connectivity index (χ0v) is 35.8. The molecule has 6 nitrogen and oxygen atoms in total. The predicted octanol–water partition coefficient (Wildman–Crippen LogP) is 13.6. The van der Waals surface area contributed by atoms with Crippen molar-refractivity contribution in [3.05, 3.63) is 0 Å². The lowest BCUT2D eigenvalue weighted by Crippen LogP contribution is -2.45. The van der Waals surface area contributed by atoms with Crippen LogP contribution in [0.2, 0.25) is 0 Å². The Morgan fingerprint density at radius 1 is 0.453 bits per heavy atom. The van der Waals surface area contributed by atoms with Gasteiger partial charge in [0.15, 0.2) is 0 Å². The standard InChI is InChI=1S/C47H93NO5/c1-3-5-7-9-11-13-15-16-17-21-25-29-33-37-41-47(52)53-42-38-34-30-26-22-18-20-24-28-32-36-40-46(51)48-44(43-49)45(50)39-35-31-27-23-19-14-12-10-8-6-4-2/h44-45,49-50H,3-43H2,1-2H3,(H,48,51). The van der Waals surface area contributed by atoms with Crippen LogP contribution in [-0.4, -0.2) is 47.4 Å². The fourth-order valence-electron chi connectivity index (χ4n) is 7.46. The SMILES string of the molecule is CCCCCCCCCCCCCCCCC(=O)OCCCCCCCCCCCCCC(=O)NC(CO)C(O)CCCCCCCCCCCCC. The first-order valence-electron chi connectivity index (χ1n) is 23.8. The number of nitrogens with one attached hydrogen (secondary N) is 1. The lowest BCUT2D eigenvalue weighted by Gasteiger charge is -2.22. The van der Waals surface area contributed by atoms with Crippen molar-refractivity contribution in [2.75, 3.05) is 13.2 Å². The Labute approximate surface area is 330 Å². The van der Waals surface area contributed by atoms with Crippen LogP contribution in [0.1, 0.15) is 264 Å². The lowest BCUT2D eigenvalue weighted by atomic mass is 10.0. The Morgan fingerprint density at radius 2 is 0.774 bits per heavy atom. The molecule has 0 spiro atoms. The first-order valence-corrected chi connectivity index (χ1v) is 23.8. The molecule has 1 amide bonds. The topological polar surface area (TPSA) is 95.9 Å². The van der Waals surface area contributed by atoms with E-state index in [0.717, 1.165) is 57.8 Å². The molecule has 0 saturated carbocycles. The van der Waals surface area contributed by atoms with E-state index in [4.69, 9.17) is 4.74 Å². The van der Waals surface area contributed by atoms with Crippen LogP contribution in [0.4, 0.5) is 0 Å². The number of hydrogen-bond acceptors (Lipinski definition) is 5. The highest BCUT2D eigenvalue weighted by atomic mass is 16.5. The fourth-order valence-corrected chi connectivity index (χ4v) is 7.46. The fraction of sp³-hybridized carbons (Fsp3) is 0.957. The Kier molecular flexibility index (Phi) is 42.6. The van der Waals surface area contributed by atoms with Gasteiger partial charge in [0.05, 0.1) is 25.4 Å². The van der Waals surface area contributed by atoms with Gasteiger partial charge in [0.1, 0.15) is 0 Å². The Hall–Kier alpha value is -1.14. The summed E-state index contributed by atoms with van der Waals surface area (Å²) in [6.45, 7) is 4.90. The molecule has 0 saturated heterocycles. The van der Waals surface area contributed by atoms with Gasteiger partial charge in [0, 0.05) is 12.8 Å². The molecule has 0 aliphatic heterocycles. The Morgan fingerprint density at radius 3 is 1.15 bits per heavy atom. The molecule has 0 aromatic rings. The van der Waals surface area contributed by atoms with Crippen molar-refractivity contribution >= 4 is 11.9 Å². The molecule has 0 bridgehead atoms. The summed E-state index contributed by atoms with van der Waals surface area (Å²) >= 11 is 0. The summed E-state index contributed by atoms with van der Waals surface area (Å²) in [5.41, 5.74) is 0. The molecule has 0 rings (SSSR count). The summed E-state index contributed by atoms with van der Waals surface area (Å²) in [5, 5.41) is 23.1. The van der Waals surface area contributed by atoms with Crippen LogP contribution >= 0.6 is 0 Å². The highest BCUT2D eigenvalue weighted by Gasteiger charge is 2.20. The lowest BCUT2D eigenvalue weighted by molar-refractivity contribution is -0.143. The van der Waals surface area contributed by atoms with Crippen LogP contribution in [-0.2, 0) is 14.3 Å². The zero-order chi connectivity index (χ0) is 38.7. The van der Waals surface area contributed by atoms with Gasteiger partial charge in [0.25, 0.3) is 0 Å². The van der Waals surface area contributed by atoms with Crippen molar-refractivity contribution < 1.29 is 24.5 Å². The summed E-state index contributed by atoms with van der Waals surface area (Å²) in [5.74, 6) is -0.0652. The molecule has 0 fully saturated rings. The van der Waals surface area contributed by atoms with Crippen molar-refractivity contribution in [3.8, 4) is 0 Å². The number of unbranched alkanes of at least 4 members (excludes halogenated alkanes) is 33. The van der Waals surface area contributed by atoms with E-state index < -0.39 is 12.1 Å². The van der Waals surface area contributed by atoms with E-state index in [9.17, 15) is 19.8 Å². The van der Waals surface area contributed by atoms with Gasteiger partial charge in [-0.1, -0.05) is 226 Å². The predicted molar refractivity (Wildman–Crippen MR) is 227 cm³/mol. The van der Waals surface area contributed by atoms with E-state index in [0.29, 0.717) is 25.9 Å². The van der Waals surface area contributed by atoms with E-state index in [-0.39, 0.29) is 18.5 Å². The minimum Gasteiger partial charge on any atom is -0.466 e. The second-order valence-electron chi connectivity index (χ2n) is 16.5. The van der Waals surface area contributed by atoms with Crippen molar-refractivity contribution in [3.63, 3.8) is 0 Å². The van der Waals surface area contributed by atoms with Crippen LogP contribution in [0.15, 0.2) is 0 Å². The molecule has 316 valence electrons. The monoisotopic (exact) mass is 752 g/mol. The van der Waals surface area contributed by atoms with Gasteiger partial charge in [-0.05, 0) is 25.7 Å². The number of aliphatic hydroxyl groups is 2. The molecule has 2 atom stereocenters. The average molecular weight is 752 g/mol. The molecule has 53 heavy (non-hydrogen) atoms. The van der Waals surface area contributed by atoms with E-state index in [1.54, 1.807) is 0 Å². The second-order valence-corrected chi connectivity index (χ2v) is 16.5. The highest BCUT2D eigenvalue weighted by molar-refractivity contribution is 5.76. The number of carbonyl (C=O) groups is 2. The van der Waals surface area contributed by atoms with Crippen LogP contribution in [0, 0.1) is 0 Å². The van der Waals surface area contributed by atoms with Gasteiger partial charge in [-0.15, -0.1) is 0 Å². The van der Waals surface area contributed by atoms with Gasteiger partial charge in [-0.2, -0.15) is 0 Å². The Bertz CT molecular complexity index is 746. The van der Waals surface area contributed by atoms with Crippen LogP contribution in [0.5, 0.6) is 0 Å². The molecular weight excluding hydrogens is 659 g/mol. The van der Waals surface area contributed by atoms with Crippen molar-refractivity contribution in [2.45, 2.75) is 276 Å². The highest BCUT2D eigenvalue weighted by Crippen LogP contribution is 2.16. The maximum atomic E-state index is 12.4. The van der Waals surface area contributed by atoms with Crippen molar-refractivity contribution in [1.29, 1.82) is 0 Å². The molecule has 3 N–H and O–H groups in total. The minimum atomic E-state index is -0.673. The van der Waals surface area contributed by atoms with Crippen molar-refractivity contribution in [1.82, 2.24) is 5.32 Å². The third-order valence-corrected chi connectivity index (χ3v) is 11.2. The largest absolute Gasteiger partial charge is 0.466 e. The molecule has 0 radical (unpaired) electrons. The molecule has 0 heterocycles. The summed E-state index contributed by atoms with van der Waals surface area (Å²) in [6, 6.07) is -0.552. The van der Waals surface area contributed by atoms with Crippen LogP contribution < -0.4 is 5.32 Å². The van der Waals surface area contributed by atoms with E-state index in [2.05, 4.69) is 19.2 Å². The van der Waals surface area contributed by atoms with E-state index >= 15 is 0 Å². The van der Waals surface area contributed by atoms with E-state index in [1.165, 1.54) is 173 Å². The van der Waals surface area contributed by atoms with Gasteiger partial charge in [0.2, 0.25) is 5.91 Å². The average Bonchev–Trinajstić information content (AvgIpc) is 3.16. The summed E-state index contributed by atoms with van der Waals surface area (Å²) in [6.07, 6.45) is 46.3. The molecule has 2 unspecified atom stereocenters. The van der Waals surface area contributed by atoms with Gasteiger partial charge < -0.3 is 20.3 Å². The van der Waals surface area contributed by atoms with Gasteiger partial charge in [-0.25, -0.2) is 0 Å². The normalized spacial score (nSPS) is 12.6. The summed E-state index contributed by atoms with van der Waals surface area (Å²) < 4.78 is 5.45. The first kappa shape index (κ1) is 51.9. The van der Waals surface area contributed by atoms with Crippen LogP contribution in [0.3, 0.4) is 0 Å². The molecule has 0 aliphatic carbocycles. The third-order valence-electron chi connectivity index (χ3n) is 11.2. The van der Waals surface area contributed by atoms with Gasteiger partial charge in [-0.3, -0.25) is 9.59 Å². The smallest absolute Gasteiger partial charge is 0.305 e. The summed E-state index contributed by atoms with van der Waals surface area (Å²) in [7, 11) is 0.